The summed E-state index contributed by atoms with van der Waals surface area (Å²) in [6.45, 7) is 13.8. The fourth-order valence-electron chi connectivity index (χ4n) is 9.25. The molecule has 1 aliphatic heterocycles. The highest BCUT2D eigenvalue weighted by Gasteiger charge is 2.20. The normalized spacial score (nSPS) is 14.8. The lowest BCUT2D eigenvalue weighted by molar-refractivity contribution is 0.0983. The van der Waals surface area contributed by atoms with Crippen molar-refractivity contribution in [3.63, 3.8) is 0 Å². The Labute approximate surface area is 377 Å². The van der Waals surface area contributed by atoms with Gasteiger partial charge in [0.25, 0.3) is 0 Å². The molecule has 1 aromatic carbocycles. The van der Waals surface area contributed by atoms with Crippen LogP contribution in [0.5, 0.6) is 0 Å². The van der Waals surface area contributed by atoms with Crippen molar-refractivity contribution >= 4 is 5.90 Å². The second-order valence-corrected chi connectivity index (χ2v) is 19.2. The van der Waals surface area contributed by atoms with Crippen molar-refractivity contribution in [1.29, 1.82) is 0 Å². The van der Waals surface area contributed by atoms with E-state index in [1.165, 1.54) is 250 Å². The van der Waals surface area contributed by atoms with Crippen molar-refractivity contribution in [3.05, 3.63) is 35.9 Å². The molecule has 2 rings (SSSR count). The van der Waals surface area contributed by atoms with E-state index in [1.54, 1.807) is 0 Å². The van der Waals surface area contributed by atoms with Crippen LogP contribution < -0.4 is 0 Å². The fourth-order valence-corrected chi connectivity index (χ4v) is 9.25. The minimum atomic E-state index is 0.138. The van der Waals surface area contributed by atoms with E-state index < -0.39 is 0 Å². The molecule has 0 saturated carbocycles. The Morgan fingerprint density at radius 2 is 0.783 bits per heavy atom. The van der Waals surface area contributed by atoms with Crippen LogP contribution >= 0.6 is 0 Å². The van der Waals surface area contributed by atoms with Gasteiger partial charge in [-0.1, -0.05) is 297 Å². The van der Waals surface area contributed by atoms with Gasteiger partial charge in [0.05, 0.1) is 6.61 Å². The molecule has 0 amide bonds. The Kier molecular flexibility index (Phi) is 43.1. The van der Waals surface area contributed by atoms with Crippen molar-refractivity contribution in [2.75, 3.05) is 19.8 Å². The monoisotopic (exact) mass is 838 g/mol. The number of nitrogens with zero attached hydrogens (tertiary/aromatic N) is 1. The second kappa shape index (κ2) is 45.7. The zero-order chi connectivity index (χ0) is 43.2. The highest BCUT2D eigenvalue weighted by Crippen LogP contribution is 2.25. The first kappa shape index (κ1) is 56.7. The third-order valence-corrected chi connectivity index (χ3v) is 13.3. The molecule has 3 atom stereocenters. The van der Waals surface area contributed by atoms with Crippen LogP contribution in [-0.2, 0) is 9.47 Å². The molecule has 0 fully saturated rings. The predicted molar refractivity (Wildman–Crippen MR) is 269 cm³/mol. The summed E-state index contributed by atoms with van der Waals surface area (Å²) >= 11 is 0. The molecule has 0 aromatic heterocycles. The van der Waals surface area contributed by atoms with Crippen LogP contribution in [0.3, 0.4) is 0 Å². The number of hydrogen-bond donors (Lipinski definition) is 0. The lowest BCUT2D eigenvalue weighted by atomic mass is 9.90. The van der Waals surface area contributed by atoms with Gasteiger partial charge in [0, 0.05) is 12.2 Å². The van der Waals surface area contributed by atoms with Gasteiger partial charge in [-0.25, -0.2) is 4.99 Å². The third kappa shape index (κ3) is 36.2. The molecule has 0 N–H and O–H groups in total. The number of rotatable bonds is 44. The first-order valence-corrected chi connectivity index (χ1v) is 27.5. The van der Waals surface area contributed by atoms with Crippen LogP contribution in [0.1, 0.15) is 291 Å². The molecule has 0 bridgehead atoms. The van der Waals surface area contributed by atoms with Gasteiger partial charge in [-0.3, -0.25) is 0 Å². The van der Waals surface area contributed by atoms with Crippen molar-refractivity contribution in [2.45, 2.75) is 291 Å². The summed E-state index contributed by atoms with van der Waals surface area (Å²) in [5.41, 5.74) is 1.06. The lowest BCUT2D eigenvalue weighted by Crippen LogP contribution is -2.16. The van der Waals surface area contributed by atoms with E-state index in [4.69, 9.17) is 14.5 Å². The Morgan fingerprint density at radius 1 is 0.433 bits per heavy atom. The molecule has 1 aromatic rings. The molecule has 0 saturated heterocycles. The van der Waals surface area contributed by atoms with E-state index in [0.29, 0.717) is 13.2 Å². The van der Waals surface area contributed by atoms with Crippen LogP contribution in [0.25, 0.3) is 0 Å². The lowest BCUT2D eigenvalue weighted by Gasteiger charge is -2.17. The first-order chi connectivity index (χ1) is 29.7. The van der Waals surface area contributed by atoms with Gasteiger partial charge < -0.3 is 9.47 Å². The van der Waals surface area contributed by atoms with Crippen LogP contribution in [0.15, 0.2) is 35.3 Å². The molecule has 60 heavy (non-hydrogen) atoms. The van der Waals surface area contributed by atoms with Gasteiger partial charge >= 0.3 is 0 Å². The van der Waals surface area contributed by atoms with Crippen molar-refractivity contribution < 1.29 is 9.47 Å². The summed E-state index contributed by atoms with van der Waals surface area (Å²) in [4.78, 5) is 4.73. The average molecular weight is 838 g/mol. The molecule has 0 radical (unpaired) electrons. The summed E-state index contributed by atoms with van der Waals surface area (Å²) in [5.74, 6) is 2.63. The molecular formula is C57H107NO2. The summed E-state index contributed by atoms with van der Waals surface area (Å²) in [6, 6.07) is 10.3. The molecule has 3 nitrogen and oxygen atoms in total. The molecule has 0 aliphatic carbocycles. The molecule has 0 spiro atoms. The number of unbranched alkanes of at least 4 members (excludes halogenated alkanes) is 28. The predicted octanol–water partition coefficient (Wildman–Crippen LogP) is 19.4. The number of hydrogen-bond acceptors (Lipinski definition) is 3. The fraction of sp³-hybridized carbons (Fsp3) is 0.877. The van der Waals surface area contributed by atoms with E-state index in [0.717, 1.165) is 29.9 Å². The van der Waals surface area contributed by atoms with Gasteiger partial charge in [0.2, 0.25) is 5.90 Å². The summed E-state index contributed by atoms with van der Waals surface area (Å²) in [7, 11) is 0. The minimum absolute atomic E-state index is 0.138. The summed E-state index contributed by atoms with van der Waals surface area (Å²) in [6.07, 6.45) is 55.9. The maximum atomic E-state index is 6.10. The topological polar surface area (TPSA) is 30.8 Å². The Hall–Kier alpha value is -1.35. The number of aliphatic imine (C=N–C) groups is 1. The van der Waals surface area contributed by atoms with Crippen LogP contribution in [0, 0.1) is 11.8 Å². The zero-order valence-electron chi connectivity index (χ0n) is 41.6. The third-order valence-electron chi connectivity index (χ3n) is 13.3. The van der Waals surface area contributed by atoms with Crippen molar-refractivity contribution in [1.82, 2.24) is 0 Å². The Morgan fingerprint density at radius 3 is 1.15 bits per heavy atom. The average Bonchev–Trinajstić information content (AvgIpc) is 3.75. The molecular weight excluding hydrogens is 731 g/mol. The molecule has 1 heterocycles. The van der Waals surface area contributed by atoms with Crippen LogP contribution in [0.4, 0.5) is 0 Å². The highest BCUT2D eigenvalue weighted by atomic mass is 16.5. The van der Waals surface area contributed by atoms with Gasteiger partial charge in [-0.15, -0.1) is 0 Å². The zero-order valence-corrected chi connectivity index (χ0v) is 41.6. The second-order valence-electron chi connectivity index (χ2n) is 19.2. The van der Waals surface area contributed by atoms with Gasteiger partial charge in [0.1, 0.15) is 12.6 Å². The van der Waals surface area contributed by atoms with E-state index in [1.807, 2.05) is 18.2 Å². The number of ether oxygens (including phenoxy) is 2. The SMILES string of the molecule is CCCCCCCCCCCCC[C@@H](CCCCCCC)CCOC[C@@H]1COC(c2ccccc2)=N1.CCCCCCCCCCCCC[C@H](CCC)CCCCCCC. The molecule has 3 heteroatoms. The quantitative estimate of drug-likeness (QED) is 0.0613. The smallest absolute Gasteiger partial charge is 0.216 e. The number of benzene rings is 1. The first-order valence-electron chi connectivity index (χ1n) is 27.5. The van der Waals surface area contributed by atoms with E-state index in [2.05, 4.69) is 46.8 Å². The van der Waals surface area contributed by atoms with Crippen molar-refractivity contribution in [2.24, 2.45) is 16.8 Å². The molecule has 1 aliphatic rings. The molecule has 352 valence electrons. The molecule has 0 unspecified atom stereocenters. The Balaban J connectivity index is 0.000000654. The van der Waals surface area contributed by atoms with E-state index >= 15 is 0 Å². The van der Waals surface area contributed by atoms with Crippen LogP contribution in [-0.4, -0.2) is 31.8 Å². The maximum absolute atomic E-state index is 6.10. The maximum Gasteiger partial charge on any atom is 0.216 e. The van der Waals surface area contributed by atoms with Gasteiger partial charge in [0.15, 0.2) is 0 Å². The summed E-state index contributed by atoms with van der Waals surface area (Å²) < 4.78 is 11.9. The van der Waals surface area contributed by atoms with E-state index in [-0.39, 0.29) is 6.04 Å². The minimum Gasteiger partial charge on any atom is -0.475 e. The van der Waals surface area contributed by atoms with Gasteiger partial charge in [-0.05, 0) is 30.4 Å². The van der Waals surface area contributed by atoms with Crippen molar-refractivity contribution in [3.8, 4) is 0 Å². The Bertz CT molecular complexity index is 993. The standard InChI is InChI=1S/C33H57NO2.C24H50/c1-3-5-7-9-10-11-12-13-14-16-19-23-30(22-18-15-8-6-4-2)26-27-35-28-32-29-36-33(34-32)31-24-20-17-21-25-31;1-4-7-9-11-12-13-14-15-16-18-20-23-24(21-6-3)22-19-17-10-8-5-2/h17,20-21,24-25,30,32H,3-16,18-19,22-23,26-29H2,1-2H3;24H,4-23H2,1-3H3/t30-,32-;24-/m11/s1. The van der Waals surface area contributed by atoms with Gasteiger partial charge in [-0.2, -0.15) is 0 Å². The van der Waals surface area contributed by atoms with Crippen LogP contribution in [0.2, 0.25) is 0 Å². The van der Waals surface area contributed by atoms with E-state index in [9.17, 15) is 0 Å². The summed E-state index contributed by atoms with van der Waals surface area (Å²) in [5, 5.41) is 0. The largest absolute Gasteiger partial charge is 0.475 e. The highest BCUT2D eigenvalue weighted by molar-refractivity contribution is 5.95.